The fourth-order valence-electron chi connectivity index (χ4n) is 1.53. The molecule has 2 N–H and O–H groups in total. The van der Waals surface area contributed by atoms with Crippen LogP contribution in [0.15, 0.2) is 29.2 Å². The standard InChI is InChI=1S/C11H14FNO2S/c12-9-2-1-3-10(8-9)16(14,15)7-6-11(13)4-5-11/h1-3,8H,4-7,13H2. The first-order valence-electron chi connectivity index (χ1n) is 5.19. The molecule has 0 radical (unpaired) electrons. The fraction of sp³-hybridized carbons (Fsp3) is 0.455. The van der Waals surface area contributed by atoms with Gasteiger partial charge in [-0.2, -0.15) is 0 Å². The van der Waals surface area contributed by atoms with Crippen LogP contribution in [0.3, 0.4) is 0 Å². The molecule has 0 bridgehead atoms. The number of hydrogen-bond acceptors (Lipinski definition) is 3. The van der Waals surface area contributed by atoms with Crippen molar-refractivity contribution >= 4 is 9.84 Å². The molecule has 0 heterocycles. The SMILES string of the molecule is NC1(CCS(=O)(=O)c2cccc(F)c2)CC1. The maximum Gasteiger partial charge on any atom is 0.178 e. The van der Waals surface area contributed by atoms with E-state index in [1.54, 1.807) is 0 Å². The van der Waals surface area contributed by atoms with Gasteiger partial charge in [-0.05, 0) is 37.5 Å². The van der Waals surface area contributed by atoms with Crippen LogP contribution in [0.4, 0.5) is 4.39 Å². The molecule has 0 spiro atoms. The minimum absolute atomic E-state index is 0.00699. The minimum atomic E-state index is -3.40. The van der Waals surface area contributed by atoms with Gasteiger partial charge in [0.05, 0.1) is 10.6 Å². The smallest absolute Gasteiger partial charge is 0.178 e. The van der Waals surface area contributed by atoms with Gasteiger partial charge >= 0.3 is 0 Å². The van der Waals surface area contributed by atoms with Crippen molar-refractivity contribution < 1.29 is 12.8 Å². The molecule has 0 atom stereocenters. The Morgan fingerprint density at radius 1 is 1.38 bits per heavy atom. The van der Waals surface area contributed by atoms with E-state index in [4.69, 9.17) is 5.73 Å². The first-order chi connectivity index (χ1) is 7.41. The molecular formula is C11H14FNO2S. The van der Waals surface area contributed by atoms with Crippen molar-refractivity contribution in [3.8, 4) is 0 Å². The normalized spacial score (nSPS) is 18.4. The lowest BCUT2D eigenvalue weighted by molar-refractivity contribution is 0.576. The average Bonchev–Trinajstić information content (AvgIpc) is 2.95. The summed E-state index contributed by atoms with van der Waals surface area (Å²) >= 11 is 0. The summed E-state index contributed by atoms with van der Waals surface area (Å²) in [5.41, 5.74) is 5.53. The van der Waals surface area contributed by atoms with E-state index in [-0.39, 0.29) is 16.2 Å². The summed E-state index contributed by atoms with van der Waals surface area (Å²) in [6, 6.07) is 5.09. The third-order valence-electron chi connectivity index (χ3n) is 2.92. The van der Waals surface area contributed by atoms with Crippen LogP contribution in [0.2, 0.25) is 0 Å². The van der Waals surface area contributed by atoms with Gasteiger partial charge in [0, 0.05) is 5.54 Å². The van der Waals surface area contributed by atoms with E-state index in [1.807, 2.05) is 0 Å². The van der Waals surface area contributed by atoms with Gasteiger partial charge in [-0.1, -0.05) is 6.07 Å². The van der Waals surface area contributed by atoms with E-state index >= 15 is 0 Å². The lowest BCUT2D eigenvalue weighted by Crippen LogP contribution is -2.25. The van der Waals surface area contributed by atoms with Gasteiger partial charge < -0.3 is 5.73 Å². The van der Waals surface area contributed by atoms with Gasteiger partial charge in [-0.3, -0.25) is 0 Å². The molecule has 1 saturated carbocycles. The maximum atomic E-state index is 12.9. The average molecular weight is 243 g/mol. The molecule has 1 fully saturated rings. The highest BCUT2D eigenvalue weighted by atomic mass is 32.2. The lowest BCUT2D eigenvalue weighted by atomic mass is 10.2. The van der Waals surface area contributed by atoms with E-state index in [1.165, 1.54) is 18.2 Å². The number of halogens is 1. The Morgan fingerprint density at radius 3 is 2.62 bits per heavy atom. The summed E-state index contributed by atoms with van der Waals surface area (Å²) in [7, 11) is -3.40. The fourth-order valence-corrected chi connectivity index (χ4v) is 3.02. The van der Waals surface area contributed by atoms with Gasteiger partial charge in [-0.25, -0.2) is 12.8 Å². The molecule has 1 aromatic rings. The number of benzene rings is 1. The minimum Gasteiger partial charge on any atom is -0.325 e. The maximum absolute atomic E-state index is 12.9. The van der Waals surface area contributed by atoms with Crippen LogP contribution in [-0.4, -0.2) is 19.7 Å². The zero-order valence-corrected chi connectivity index (χ0v) is 9.63. The molecule has 5 heteroatoms. The van der Waals surface area contributed by atoms with Crippen LogP contribution in [0.5, 0.6) is 0 Å². The lowest BCUT2D eigenvalue weighted by Gasteiger charge is -2.08. The van der Waals surface area contributed by atoms with Crippen LogP contribution in [-0.2, 0) is 9.84 Å². The summed E-state index contributed by atoms with van der Waals surface area (Å²) in [5.74, 6) is -0.539. The third kappa shape index (κ3) is 2.59. The highest BCUT2D eigenvalue weighted by molar-refractivity contribution is 7.91. The van der Waals surface area contributed by atoms with Crippen LogP contribution in [0.25, 0.3) is 0 Å². The molecule has 0 aliphatic heterocycles. The molecule has 88 valence electrons. The Bertz CT molecular complexity index is 494. The van der Waals surface area contributed by atoms with Crippen LogP contribution >= 0.6 is 0 Å². The Morgan fingerprint density at radius 2 is 2.06 bits per heavy atom. The summed E-state index contributed by atoms with van der Waals surface area (Å²) in [4.78, 5) is 0.0387. The van der Waals surface area contributed by atoms with Crippen LogP contribution in [0, 0.1) is 5.82 Å². The molecule has 1 aromatic carbocycles. The quantitative estimate of drug-likeness (QED) is 0.871. The number of hydrogen-bond donors (Lipinski definition) is 1. The first-order valence-corrected chi connectivity index (χ1v) is 6.84. The van der Waals surface area contributed by atoms with Crippen molar-refractivity contribution in [1.29, 1.82) is 0 Å². The molecule has 1 aliphatic carbocycles. The zero-order chi connectivity index (χ0) is 11.8. The molecule has 16 heavy (non-hydrogen) atoms. The van der Waals surface area contributed by atoms with Crippen molar-refractivity contribution in [2.24, 2.45) is 5.73 Å². The van der Waals surface area contributed by atoms with Gasteiger partial charge in [0.2, 0.25) is 0 Å². The number of nitrogens with two attached hydrogens (primary N) is 1. The van der Waals surface area contributed by atoms with E-state index in [9.17, 15) is 12.8 Å². The van der Waals surface area contributed by atoms with Crippen molar-refractivity contribution in [2.45, 2.75) is 29.7 Å². The monoisotopic (exact) mass is 243 g/mol. The topological polar surface area (TPSA) is 60.2 Å². The summed E-state index contributed by atoms with van der Waals surface area (Å²) in [6.45, 7) is 0. The Balaban J connectivity index is 2.12. The predicted octanol–water partition coefficient (Wildman–Crippen LogP) is 1.48. The summed E-state index contributed by atoms with van der Waals surface area (Å²) < 4.78 is 36.6. The molecule has 0 saturated heterocycles. The zero-order valence-electron chi connectivity index (χ0n) is 8.82. The predicted molar refractivity (Wildman–Crippen MR) is 59.2 cm³/mol. The molecular weight excluding hydrogens is 229 g/mol. The molecule has 2 rings (SSSR count). The largest absolute Gasteiger partial charge is 0.325 e. The first kappa shape index (κ1) is 11.5. The van der Waals surface area contributed by atoms with E-state index in [0.717, 1.165) is 18.9 Å². The Kier molecular flexibility index (Phi) is 2.75. The summed E-state index contributed by atoms with van der Waals surface area (Å²) in [6.07, 6.45) is 2.21. The second-order valence-corrected chi connectivity index (χ2v) is 6.50. The van der Waals surface area contributed by atoms with Crippen LogP contribution < -0.4 is 5.73 Å². The molecule has 3 nitrogen and oxygen atoms in total. The van der Waals surface area contributed by atoms with Crippen molar-refractivity contribution in [3.05, 3.63) is 30.1 Å². The molecule has 0 unspecified atom stereocenters. The third-order valence-corrected chi connectivity index (χ3v) is 4.63. The summed E-state index contributed by atoms with van der Waals surface area (Å²) in [5, 5.41) is 0. The van der Waals surface area contributed by atoms with Crippen molar-refractivity contribution in [1.82, 2.24) is 0 Å². The second-order valence-electron chi connectivity index (χ2n) is 4.39. The van der Waals surface area contributed by atoms with Crippen molar-refractivity contribution in [2.75, 3.05) is 5.75 Å². The van der Waals surface area contributed by atoms with E-state index < -0.39 is 15.7 Å². The van der Waals surface area contributed by atoms with E-state index in [0.29, 0.717) is 6.42 Å². The van der Waals surface area contributed by atoms with Gasteiger partial charge in [0.15, 0.2) is 9.84 Å². The highest BCUT2D eigenvalue weighted by Crippen LogP contribution is 2.36. The van der Waals surface area contributed by atoms with Gasteiger partial charge in [0.25, 0.3) is 0 Å². The number of rotatable bonds is 4. The van der Waals surface area contributed by atoms with E-state index in [2.05, 4.69) is 0 Å². The van der Waals surface area contributed by atoms with Crippen LogP contribution in [0.1, 0.15) is 19.3 Å². The Labute approximate surface area is 94.4 Å². The molecule has 0 aromatic heterocycles. The van der Waals surface area contributed by atoms with Gasteiger partial charge in [-0.15, -0.1) is 0 Å². The highest BCUT2D eigenvalue weighted by Gasteiger charge is 2.38. The van der Waals surface area contributed by atoms with Gasteiger partial charge in [0.1, 0.15) is 5.82 Å². The molecule has 0 amide bonds. The Hall–Kier alpha value is -0.940. The number of sulfone groups is 1. The molecule has 1 aliphatic rings. The second kappa shape index (κ2) is 3.82. The van der Waals surface area contributed by atoms with Crippen molar-refractivity contribution in [3.63, 3.8) is 0 Å².